The van der Waals surface area contributed by atoms with E-state index in [1.54, 1.807) is 6.07 Å². The van der Waals surface area contributed by atoms with Crippen LogP contribution in [0.3, 0.4) is 0 Å². The molecule has 1 fully saturated rings. The summed E-state index contributed by atoms with van der Waals surface area (Å²) in [5.41, 5.74) is 4.09. The molecule has 0 radical (unpaired) electrons. The van der Waals surface area contributed by atoms with Crippen LogP contribution in [0.25, 0.3) is 11.1 Å². The Morgan fingerprint density at radius 3 is 2.43 bits per heavy atom. The smallest absolute Gasteiger partial charge is 0.326 e. The first kappa shape index (κ1) is 28.9. The van der Waals surface area contributed by atoms with Gasteiger partial charge >= 0.3 is 5.97 Å². The number of carbonyl (C=O) groups excluding carboxylic acids is 1. The minimum atomic E-state index is -3.36. The Bertz CT molecular complexity index is 1190. The Morgan fingerprint density at radius 1 is 1.08 bits per heavy atom. The number of nitrogens with one attached hydrogen (secondary N) is 1. The van der Waals surface area contributed by atoms with Crippen molar-refractivity contribution in [3.05, 3.63) is 59.2 Å². The Morgan fingerprint density at radius 2 is 1.78 bits per heavy atom. The third-order valence-corrected chi connectivity index (χ3v) is 8.22. The molecule has 1 atom stereocenters. The third kappa shape index (κ3) is 8.97. The lowest BCUT2D eigenvalue weighted by atomic mass is 9.87. The van der Waals surface area contributed by atoms with Crippen molar-refractivity contribution in [2.75, 3.05) is 25.6 Å². The van der Waals surface area contributed by atoms with E-state index in [1.807, 2.05) is 43.3 Å². The van der Waals surface area contributed by atoms with E-state index in [2.05, 4.69) is 17.3 Å². The highest BCUT2D eigenvalue weighted by atomic mass is 32.2. The number of carbonyl (C=O) groups is 2. The fraction of sp³-hybridized carbons (Fsp3) is 0.517. The number of hydrogen-bond donors (Lipinski definition) is 2. The Kier molecular flexibility index (Phi) is 10.3. The number of carboxylic acids is 1. The van der Waals surface area contributed by atoms with Gasteiger partial charge in [-0.3, -0.25) is 4.79 Å². The van der Waals surface area contributed by atoms with Gasteiger partial charge in [0, 0.05) is 18.4 Å². The summed E-state index contributed by atoms with van der Waals surface area (Å²) in [6.45, 7) is 3.75. The molecule has 0 heterocycles. The van der Waals surface area contributed by atoms with E-state index < -0.39 is 27.8 Å². The second-order valence-corrected chi connectivity index (χ2v) is 12.8. The Hall–Kier alpha value is -2.71. The number of aliphatic carboxylic acids is 1. The summed E-state index contributed by atoms with van der Waals surface area (Å²) >= 11 is 0. The van der Waals surface area contributed by atoms with Crippen molar-refractivity contribution in [1.29, 1.82) is 0 Å². The summed E-state index contributed by atoms with van der Waals surface area (Å²) in [6.07, 6.45) is 8.76. The van der Waals surface area contributed by atoms with Crippen LogP contribution in [-0.4, -0.2) is 61.9 Å². The van der Waals surface area contributed by atoms with E-state index >= 15 is 0 Å². The number of rotatable bonds is 12. The summed E-state index contributed by atoms with van der Waals surface area (Å²) in [5, 5.41) is 12.1. The van der Waals surface area contributed by atoms with Gasteiger partial charge in [-0.2, -0.15) is 0 Å². The highest BCUT2D eigenvalue weighted by Crippen LogP contribution is 2.29. The van der Waals surface area contributed by atoms with E-state index in [-0.39, 0.29) is 12.2 Å². The van der Waals surface area contributed by atoms with Gasteiger partial charge in [0.25, 0.3) is 5.91 Å². The maximum Gasteiger partial charge on any atom is 0.326 e. The normalized spacial score (nSPS) is 15.5. The zero-order chi connectivity index (χ0) is 27.0. The van der Waals surface area contributed by atoms with Crippen LogP contribution in [0.4, 0.5) is 0 Å². The Labute approximate surface area is 221 Å². The van der Waals surface area contributed by atoms with Crippen LogP contribution in [0.2, 0.25) is 0 Å². The molecule has 0 spiro atoms. The molecular formula is C29H40N2O5S. The average molecular weight is 529 g/mol. The van der Waals surface area contributed by atoms with E-state index in [0.717, 1.165) is 47.5 Å². The fourth-order valence-corrected chi connectivity index (χ4v) is 5.74. The standard InChI is InChI=1S/C29H40N2O5S/c1-21-9-7-8-12-24(21)26-19-23(20-31(2)17-15-22-10-5-4-6-11-22)13-14-25(26)28(32)30-27(29(33)34)16-18-37(3,35)36/h7-9,12-14,19,22,27H,4-6,10-11,15-18,20H2,1-3H3,(H,30,32)(H,33,34)/t27-/m0/s1. The van der Waals surface area contributed by atoms with Gasteiger partial charge in [0.1, 0.15) is 15.9 Å². The lowest BCUT2D eigenvalue weighted by Gasteiger charge is -2.25. The first-order valence-electron chi connectivity index (χ1n) is 13.1. The molecule has 1 aliphatic carbocycles. The number of nitrogens with zero attached hydrogens (tertiary/aromatic N) is 1. The van der Waals surface area contributed by atoms with Crippen LogP contribution >= 0.6 is 0 Å². The molecule has 202 valence electrons. The predicted octanol–water partition coefficient (Wildman–Crippen LogP) is 4.68. The van der Waals surface area contributed by atoms with Gasteiger partial charge in [-0.25, -0.2) is 13.2 Å². The zero-order valence-electron chi connectivity index (χ0n) is 22.2. The van der Waals surface area contributed by atoms with E-state index in [4.69, 9.17) is 0 Å². The molecule has 0 aliphatic heterocycles. The first-order valence-corrected chi connectivity index (χ1v) is 15.2. The second-order valence-electron chi connectivity index (χ2n) is 10.5. The third-order valence-electron chi connectivity index (χ3n) is 7.24. The number of amides is 1. The van der Waals surface area contributed by atoms with Crippen molar-refractivity contribution in [1.82, 2.24) is 10.2 Å². The summed E-state index contributed by atoms with van der Waals surface area (Å²) in [6, 6.07) is 12.2. The molecule has 0 aromatic heterocycles. The van der Waals surface area contributed by atoms with E-state index in [9.17, 15) is 23.1 Å². The molecule has 1 aliphatic rings. The largest absolute Gasteiger partial charge is 0.480 e. The quantitative estimate of drug-likeness (QED) is 0.415. The summed E-state index contributed by atoms with van der Waals surface area (Å²) in [5.74, 6) is -1.29. The maximum absolute atomic E-state index is 13.3. The molecule has 2 N–H and O–H groups in total. The molecule has 3 rings (SSSR count). The van der Waals surface area contributed by atoms with Gasteiger partial charge in [0.2, 0.25) is 0 Å². The second kappa shape index (κ2) is 13.2. The predicted molar refractivity (Wildman–Crippen MR) is 147 cm³/mol. The number of aryl methyl sites for hydroxylation is 1. The summed E-state index contributed by atoms with van der Waals surface area (Å²) < 4.78 is 23.1. The van der Waals surface area contributed by atoms with Gasteiger partial charge in [-0.05, 0) is 73.7 Å². The molecule has 1 saturated carbocycles. The van der Waals surface area contributed by atoms with Crippen LogP contribution in [0.5, 0.6) is 0 Å². The van der Waals surface area contributed by atoms with Crippen LogP contribution in [0.1, 0.15) is 66.4 Å². The molecule has 0 bridgehead atoms. The van der Waals surface area contributed by atoms with Gasteiger partial charge in [-0.15, -0.1) is 0 Å². The van der Waals surface area contributed by atoms with Crippen molar-refractivity contribution < 1.29 is 23.1 Å². The lowest BCUT2D eigenvalue weighted by Crippen LogP contribution is -2.42. The summed E-state index contributed by atoms with van der Waals surface area (Å²) in [4.78, 5) is 27.3. The molecule has 2 aromatic rings. The minimum Gasteiger partial charge on any atom is -0.480 e. The fourth-order valence-electron chi connectivity index (χ4n) is 5.08. The number of carboxylic acid groups (broad SMARTS) is 1. The minimum absolute atomic E-state index is 0.191. The number of hydrogen-bond acceptors (Lipinski definition) is 5. The summed E-state index contributed by atoms with van der Waals surface area (Å²) in [7, 11) is -1.24. The van der Waals surface area contributed by atoms with Crippen molar-refractivity contribution in [2.24, 2.45) is 5.92 Å². The molecular weight excluding hydrogens is 488 g/mol. The van der Waals surface area contributed by atoms with Crippen LogP contribution in [0, 0.1) is 12.8 Å². The lowest BCUT2D eigenvalue weighted by molar-refractivity contribution is -0.139. The van der Waals surface area contributed by atoms with Gasteiger partial charge in [0.05, 0.1) is 5.75 Å². The molecule has 2 aromatic carbocycles. The SMILES string of the molecule is Cc1ccccc1-c1cc(CN(C)CCC2CCCCC2)ccc1C(=O)N[C@@H](CCS(C)(=O)=O)C(=O)O. The number of benzene rings is 2. The molecule has 8 heteroatoms. The Balaban J connectivity index is 1.81. The van der Waals surface area contributed by atoms with Crippen molar-refractivity contribution in [2.45, 2.75) is 64.5 Å². The van der Waals surface area contributed by atoms with Crippen LogP contribution < -0.4 is 5.32 Å². The van der Waals surface area contributed by atoms with Crippen LogP contribution in [0.15, 0.2) is 42.5 Å². The molecule has 37 heavy (non-hydrogen) atoms. The molecule has 7 nitrogen and oxygen atoms in total. The van der Waals surface area contributed by atoms with Crippen molar-refractivity contribution in [3.63, 3.8) is 0 Å². The topological polar surface area (TPSA) is 104 Å². The highest BCUT2D eigenvalue weighted by molar-refractivity contribution is 7.90. The molecule has 1 amide bonds. The average Bonchev–Trinajstić information content (AvgIpc) is 2.85. The van der Waals surface area contributed by atoms with Crippen LogP contribution in [-0.2, 0) is 21.2 Å². The van der Waals surface area contributed by atoms with Gasteiger partial charge in [-0.1, -0.05) is 62.4 Å². The molecule has 0 saturated heterocycles. The van der Waals surface area contributed by atoms with Crippen molar-refractivity contribution >= 4 is 21.7 Å². The van der Waals surface area contributed by atoms with E-state index in [1.165, 1.54) is 38.5 Å². The maximum atomic E-state index is 13.3. The first-order chi connectivity index (χ1) is 17.5. The van der Waals surface area contributed by atoms with E-state index in [0.29, 0.717) is 5.56 Å². The molecule has 0 unspecified atom stereocenters. The monoisotopic (exact) mass is 528 g/mol. The zero-order valence-corrected chi connectivity index (χ0v) is 23.0. The highest BCUT2D eigenvalue weighted by Gasteiger charge is 2.24. The number of sulfone groups is 1. The van der Waals surface area contributed by atoms with Gasteiger partial charge < -0.3 is 15.3 Å². The van der Waals surface area contributed by atoms with Crippen molar-refractivity contribution in [3.8, 4) is 11.1 Å². The van der Waals surface area contributed by atoms with Gasteiger partial charge in [0.15, 0.2) is 0 Å².